The summed E-state index contributed by atoms with van der Waals surface area (Å²) in [6.45, 7) is 5.58. The molecule has 7 nitrogen and oxygen atoms in total. The summed E-state index contributed by atoms with van der Waals surface area (Å²) >= 11 is 0. The lowest BCUT2D eigenvalue weighted by molar-refractivity contribution is -0.149. The number of carbonyl (C=O) groups excluding carboxylic acids is 3. The molecule has 1 aliphatic heterocycles. The second-order valence-corrected chi connectivity index (χ2v) is 8.89. The van der Waals surface area contributed by atoms with Crippen molar-refractivity contribution in [1.29, 1.82) is 0 Å². The number of hydrogen-bond acceptors (Lipinski definition) is 5. The highest BCUT2D eigenvalue weighted by Crippen LogP contribution is 2.46. The van der Waals surface area contributed by atoms with E-state index in [4.69, 9.17) is 9.47 Å². The minimum absolute atomic E-state index is 0.0877. The van der Waals surface area contributed by atoms with Gasteiger partial charge >= 0.3 is 12.0 Å². The van der Waals surface area contributed by atoms with Crippen LogP contribution in [0.1, 0.15) is 45.6 Å². The highest BCUT2D eigenvalue weighted by Gasteiger charge is 2.56. The van der Waals surface area contributed by atoms with Crippen molar-refractivity contribution in [3.05, 3.63) is 29.6 Å². The zero-order chi connectivity index (χ0) is 21.4. The van der Waals surface area contributed by atoms with Crippen molar-refractivity contribution in [2.75, 3.05) is 13.7 Å². The number of hydrogen-bond donors (Lipinski definition) is 1. The van der Waals surface area contributed by atoms with Crippen molar-refractivity contribution in [1.82, 2.24) is 10.2 Å². The van der Waals surface area contributed by atoms with Crippen LogP contribution in [0.5, 0.6) is 5.75 Å². The minimum Gasteiger partial charge on any atom is -0.494 e. The van der Waals surface area contributed by atoms with Gasteiger partial charge in [-0.15, -0.1) is 0 Å². The molecule has 158 valence electrons. The lowest BCUT2D eigenvalue weighted by Gasteiger charge is -2.43. The molecular formula is C21H27FN2O5. The molecule has 1 heterocycles. The third-order valence-electron chi connectivity index (χ3n) is 5.53. The first kappa shape index (κ1) is 21.1. The monoisotopic (exact) mass is 406 g/mol. The van der Waals surface area contributed by atoms with Gasteiger partial charge in [-0.2, -0.15) is 0 Å². The van der Waals surface area contributed by atoms with Crippen LogP contribution >= 0.6 is 0 Å². The Morgan fingerprint density at radius 1 is 1.31 bits per heavy atom. The standard InChI is InChI=1S/C21H27FN2O5/c1-13-8-20(2,3)12-21(9-13)18(26)24(19(27)23-21)10-17(25)29-11-14-5-6-16(28-4)15(22)7-14/h5-7,13H,8-12H2,1-4H3,(H,23,27)/t13-,21+/m0/s1. The van der Waals surface area contributed by atoms with Gasteiger partial charge in [0.05, 0.1) is 7.11 Å². The SMILES string of the molecule is COc1ccc(COC(=O)CN2C(=O)N[C@@]3(C[C@@H](C)CC(C)(C)C3)C2=O)cc1F. The Morgan fingerprint density at radius 3 is 2.66 bits per heavy atom. The van der Waals surface area contributed by atoms with E-state index in [1.54, 1.807) is 6.07 Å². The van der Waals surface area contributed by atoms with Crippen molar-refractivity contribution in [3.63, 3.8) is 0 Å². The lowest BCUT2D eigenvalue weighted by atomic mass is 9.64. The maximum atomic E-state index is 13.7. The summed E-state index contributed by atoms with van der Waals surface area (Å²) in [6, 6.07) is 3.64. The van der Waals surface area contributed by atoms with Crippen molar-refractivity contribution in [2.24, 2.45) is 11.3 Å². The van der Waals surface area contributed by atoms with E-state index in [0.29, 0.717) is 18.4 Å². The summed E-state index contributed by atoms with van der Waals surface area (Å²) in [7, 11) is 1.36. The van der Waals surface area contributed by atoms with E-state index in [2.05, 4.69) is 26.1 Å². The van der Waals surface area contributed by atoms with Crippen LogP contribution in [0.4, 0.5) is 9.18 Å². The molecule has 0 bridgehead atoms. The zero-order valence-corrected chi connectivity index (χ0v) is 17.2. The maximum Gasteiger partial charge on any atom is 0.326 e. The number of ether oxygens (including phenoxy) is 2. The Morgan fingerprint density at radius 2 is 2.03 bits per heavy atom. The Labute approximate surface area is 169 Å². The number of nitrogens with zero attached hydrogens (tertiary/aromatic N) is 1. The molecule has 1 aliphatic carbocycles. The summed E-state index contributed by atoms with van der Waals surface area (Å²) in [6.07, 6.45) is 2.06. The molecule has 1 aromatic rings. The third-order valence-corrected chi connectivity index (χ3v) is 5.53. The summed E-state index contributed by atoms with van der Waals surface area (Å²) < 4.78 is 23.7. The Bertz CT molecular complexity index is 840. The van der Waals surface area contributed by atoms with Gasteiger partial charge in [0, 0.05) is 0 Å². The topological polar surface area (TPSA) is 84.9 Å². The van der Waals surface area contributed by atoms with E-state index in [9.17, 15) is 18.8 Å². The summed E-state index contributed by atoms with van der Waals surface area (Å²) in [5.74, 6) is -1.31. The van der Waals surface area contributed by atoms with E-state index in [0.717, 1.165) is 11.3 Å². The molecule has 1 saturated heterocycles. The maximum absolute atomic E-state index is 13.7. The lowest BCUT2D eigenvalue weighted by Crippen LogP contribution is -2.54. The zero-order valence-electron chi connectivity index (χ0n) is 17.2. The molecule has 1 aromatic carbocycles. The summed E-state index contributed by atoms with van der Waals surface area (Å²) in [5, 5.41) is 2.82. The van der Waals surface area contributed by atoms with Gasteiger partial charge in [0.1, 0.15) is 18.7 Å². The van der Waals surface area contributed by atoms with Crippen LogP contribution in [0.25, 0.3) is 0 Å². The molecule has 0 aromatic heterocycles. The predicted molar refractivity (Wildman–Crippen MR) is 103 cm³/mol. The fourth-order valence-electron chi connectivity index (χ4n) is 4.79. The van der Waals surface area contributed by atoms with Crippen LogP contribution in [0, 0.1) is 17.2 Å². The fourth-order valence-corrected chi connectivity index (χ4v) is 4.79. The van der Waals surface area contributed by atoms with Crippen molar-refractivity contribution < 1.29 is 28.2 Å². The van der Waals surface area contributed by atoms with Gasteiger partial charge in [-0.25, -0.2) is 9.18 Å². The molecule has 1 spiro atoms. The van der Waals surface area contributed by atoms with Crippen molar-refractivity contribution in [3.8, 4) is 5.75 Å². The van der Waals surface area contributed by atoms with Gasteiger partial charge in [-0.1, -0.05) is 26.8 Å². The van der Waals surface area contributed by atoms with Crippen molar-refractivity contribution >= 4 is 17.9 Å². The molecular weight excluding hydrogens is 379 g/mol. The molecule has 3 rings (SSSR count). The Kier molecular flexibility index (Phi) is 5.56. The minimum atomic E-state index is -0.961. The molecule has 0 radical (unpaired) electrons. The highest BCUT2D eigenvalue weighted by atomic mass is 19.1. The second kappa shape index (κ2) is 7.65. The Hall–Kier alpha value is -2.64. The number of halogens is 1. The van der Waals surface area contributed by atoms with Crippen molar-refractivity contribution in [2.45, 2.75) is 52.2 Å². The number of rotatable bonds is 5. The van der Waals surface area contributed by atoms with Crippen LogP contribution < -0.4 is 10.1 Å². The summed E-state index contributed by atoms with van der Waals surface area (Å²) in [5.41, 5.74) is -0.610. The van der Waals surface area contributed by atoms with E-state index in [1.165, 1.54) is 19.2 Å². The van der Waals surface area contributed by atoms with Crippen LogP contribution in [0.3, 0.4) is 0 Å². The first-order valence-electron chi connectivity index (χ1n) is 9.67. The highest BCUT2D eigenvalue weighted by molar-refractivity contribution is 6.08. The van der Waals surface area contributed by atoms with E-state index < -0.39 is 29.9 Å². The number of benzene rings is 1. The van der Waals surface area contributed by atoms with Crippen LogP contribution in [0.15, 0.2) is 18.2 Å². The fraction of sp³-hybridized carbons (Fsp3) is 0.571. The molecule has 1 N–H and O–H groups in total. The molecule has 2 fully saturated rings. The van der Waals surface area contributed by atoms with Gasteiger partial charge in [-0.05, 0) is 48.3 Å². The van der Waals surface area contributed by atoms with Gasteiger partial charge in [0.15, 0.2) is 11.6 Å². The normalized spacial score (nSPS) is 25.8. The molecule has 29 heavy (non-hydrogen) atoms. The molecule has 8 heteroatoms. The molecule has 1 saturated carbocycles. The van der Waals surface area contributed by atoms with E-state index in [-0.39, 0.29) is 29.6 Å². The number of nitrogens with one attached hydrogen (secondary N) is 1. The molecule has 3 amide bonds. The first-order chi connectivity index (χ1) is 13.5. The van der Waals surface area contributed by atoms with Gasteiger partial charge in [0.2, 0.25) is 0 Å². The van der Waals surface area contributed by atoms with Gasteiger partial charge in [-0.3, -0.25) is 14.5 Å². The average molecular weight is 406 g/mol. The second-order valence-electron chi connectivity index (χ2n) is 8.89. The predicted octanol–water partition coefficient (Wildman–Crippen LogP) is 3.01. The third kappa shape index (κ3) is 4.36. The van der Waals surface area contributed by atoms with Gasteiger partial charge in [0.25, 0.3) is 5.91 Å². The number of urea groups is 1. The number of carbonyl (C=O) groups is 3. The average Bonchev–Trinajstić information content (AvgIpc) is 2.81. The van der Waals surface area contributed by atoms with E-state index in [1.807, 2.05) is 0 Å². The Balaban J connectivity index is 1.62. The first-order valence-corrected chi connectivity index (χ1v) is 9.67. The number of esters is 1. The summed E-state index contributed by atoms with van der Waals surface area (Å²) in [4.78, 5) is 38.6. The smallest absolute Gasteiger partial charge is 0.326 e. The molecule has 0 unspecified atom stereocenters. The quantitative estimate of drug-likeness (QED) is 0.600. The molecule has 2 atom stereocenters. The largest absolute Gasteiger partial charge is 0.494 e. The van der Waals surface area contributed by atoms with Crippen LogP contribution in [0.2, 0.25) is 0 Å². The van der Waals surface area contributed by atoms with Crippen LogP contribution in [-0.2, 0) is 20.9 Å². The number of imide groups is 1. The van der Waals surface area contributed by atoms with Gasteiger partial charge < -0.3 is 14.8 Å². The van der Waals surface area contributed by atoms with Crippen LogP contribution in [-0.4, -0.2) is 42.0 Å². The van der Waals surface area contributed by atoms with E-state index >= 15 is 0 Å². The number of methoxy groups -OCH3 is 1. The number of amides is 3. The molecule has 2 aliphatic rings.